The van der Waals surface area contributed by atoms with Crippen LogP contribution >= 0.6 is 0 Å². The van der Waals surface area contributed by atoms with Crippen molar-refractivity contribution in [3.63, 3.8) is 0 Å². The number of benzene rings is 2. The molecule has 0 aliphatic heterocycles. The van der Waals surface area contributed by atoms with Crippen LogP contribution in [0.2, 0.25) is 0 Å². The first kappa shape index (κ1) is 14.6. The average molecular weight is 286 g/mol. The summed E-state index contributed by atoms with van der Waals surface area (Å²) >= 11 is 0. The molecule has 21 heavy (non-hydrogen) atoms. The zero-order valence-electron chi connectivity index (χ0n) is 11.6. The third kappa shape index (κ3) is 2.86. The second kappa shape index (κ2) is 5.66. The first-order valence-corrected chi connectivity index (χ1v) is 6.25. The largest absolute Gasteiger partial charge is 0.478 e. The molecule has 0 radical (unpaired) electrons. The predicted octanol–water partition coefficient (Wildman–Crippen LogP) is 3.49. The van der Waals surface area contributed by atoms with Gasteiger partial charge >= 0.3 is 11.9 Å². The van der Waals surface area contributed by atoms with Crippen molar-refractivity contribution in [3.05, 3.63) is 58.7 Å². The Morgan fingerprint density at radius 3 is 1.52 bits per heavy atom. The lowest BCUT2D eigenvalue weighted by atomic mass is 10.1. The molecule has 5 nitrogen and oxygen atoms in total. The van der Waals surface area contributed by atoms with E-state index in [0.717, 1.165) is 0 Å². The van der Waals surface area contributed by atoms with Gasteiger partial charge in [-0.05, 0) is 37.1 Å². The Kier molecular flexibility index (Phi) is 3.93. The fourth-order valence-electron chi connectivity index (χ4n) is 2.01. The van der Waals surface area contributed by atoms with Crippen LogP contribution in [0.25, 0.3) is 0 Å². The lowest BCUT2D eigenvalue weighted by Gasteiger charge is -2.15. The van der Waals surface area contributed by atoms with E-state index in [1.54, 1.807) is 38.1 Å². The van der Waals surface area contributed by atoms with Crippen molar-refractivity contribution >= 4 is 11.9 Å². The van der Waals surface area contributed by atoms with E-state index in [4.69, 9.17) is 4.74 Å². The minimum atomic E-state index is -1.13. The van der Waals surface area contributed by atoms with Gasteiger partial charge in [0.1, 0.15) is 22.6 Å². The van der Waals surface area contributed by atoms with E-state index in [2.05, 4.69) is 0 Å². The van der Waals surface area contributed by atoms with E-state index in [0.29, 0.717) is 11.1 Å². The summed E-state index contributed by atoms with van der Waals surface area (Å²) in [5.41, 5.74) is 1.23. The van der Waals surface area contributed by atoms with Gasteiger partial charge in [0.15, 0.2) is 0 Å². The summed E-state index contributed by atoms with van der Waals surface area (Å²) in [5.74, 6) is -1.94. The van der Waals surface area contributed by atoms with Crippen LogP contribution in [0.3, 0.4) is 0 Å². The van der Waals surface area contributed by atoms with E-state index in [-0.39, 0.29) is 22.6 Å². The van der Waals surface area contributed by atoms with Gasteiger partial charge in [0.05, 0.1) is 0 Å². The second-order valence-corrected chi connectivity index (χ2v) is 4.62. The Morgan fingerprint density at radius 1 is 0.810 bits per heavy atom. The van der Waals surface area contributed by atoms with Gasteiger partial charge in [-0.25, -0.2) is 9.59 Å². The molecule has 0 amide bonds. The summed E-state index contributed by atoms with van der Waals surface area (Å²) in [6.07, 6.45) is 0. The fourth-order valence-corrected chi connectivity index (χ4v) is 2.01. The van der Waals surface area contributed by atoms with Gasteiger partial charge in [-0.15, -0.1) is 0 Å². The van der Waals surface area contributed by atoms with Crippen LogP contribution < -0.4 is 4.74 Å². The molecule has 2 aromatic carbocycles. The maximum atomic E-state index is 11.3. The number of hydrogen-bond acceptors (Lipinski definition) is 3. The highest BCUT2D eigenvalue weighted by Crippen LogP contribution is 2.33. The van der Waals surface area contributed by atoms with Crippen molar-refractivity contribution in [1.82, 2.24) is 0 Å². The highest BCUT2D eigenvalue weighted by Gasteiger charge is 2.19. The molecule has 0 unspecified atom stereocenters. The molecule has 0 fully saturated rings. The summed E-state index contributed by atoms with van der Waals surface area (Å²) in [4.78, 5) is 22.5. The Bertz CT molecular complexity index is 657. The Labute approximate surface area is 121 Å². The van der Waals surface area contributed by atoms with E-state index in [9.17, 15) is 19.8 Å². The standard InChI is InChI=1S/C16H14O5/c1-9-5-3-7-11(15(17)18)13(9)21-14-10(2)6-4-8-12(14)16(19)20/h3-8H,1-2H3,(H,17,18)(H,19,20). The summed E-state index contributed by atoms with van der Waals surface area (Å²) in [5, 5.41) is 18.4. The van der Waals surface area contributed by atoms with Crippen LogP contribution in [0.4, 0.5) is 0 Å². The van der Waals surface area contributed by atoms with Crippen LogP contribution in [0, 0.1) is 13.8 Å². The maximum absolute atomic E-state index is 11.3. The predicted molar refractivity (Wildman–Crippen MR) is 76.4 cm³/mol. The summed E-state index contributed by atoms with van der Waals surface area (Å²) in [6, 6.07) is 9.48. The highest BCUT2D eigenvalue weighted by molar-refractivity contribution is 5.93. The van der Waals surface area contributed by atoms with Gasteiger partial charge in [-0.2, -0.15) is 0 Å². The fraction of sp³-hybridized carbons (Fsp3) is 0.125. The molecule has 0 bridgehead atoms. The van der Waals surface area contributed by atoms with Gasteiger partial charge in [0.25, 0.3) is 0 Å². The number of ether oxygens (including phenoxy) is 1. The van der Waals surface area contributed by atoms with Crippen LogP contribution in [-0.4, -0.2) is 22.2 Å². The molecule has 0 saturated heterocycles. The number of aryl methyl sites for hydroxylation is 2. The molecule has 0 heterocycles. The number of rotatable bonds is 4. The Hall–Kier alpha value is -2.82. The molecule has 2 rings (SSSR count). The number of para-hydroxylation sites is 2. The van der Waals surface area contributed by atoms with E-state index < -0.39 is 11.9 Å². The van der Waals surface area contributed by atoms with Crippen molar-refractivity contribution in [2.24, 2.45) is 0 Å². The number of hydrogen-bond donors (Lipinski definition) is 2. The van der Waals surface area contributed by atoms with Crippen LogP contribution in [0.15, 0.2) is 36.4 Å². The van der Waals surface area contributed by atoms with Crippen molar-refractivity contribution in [2.45, 2.75) is 13.8 Å². The SMILES string of the molecule is Cc1cccc(C(=O)O)c1Oc1c(C)cccc1C(=O)O. The van der Waals surface area contributed by atoms with E-state index in [1.165, 1.54) is 12.1 Å². The van der Waals surface area contributed by atoms with Crippen LogP contribution in [0.1, 0.15) is 31.8 Å². The third-order valence-corrected chi connectivity index (χ3v) is 3.09. The molecule has 2 aromatic rings. The summed E-state index contributed by atoms with van der Waals surface area (Å²) < 4.78 is 5.66. The Morgan fingerprint density at radius 2 is 1.19 bits per heavy atom. The van der Waals surface area contributed by atoms with E-state index in [1.807, 2.05) is 0 Å². The number of aromatic carboxylic acids is 2. The first-order chi connectivity index (χ1) is 9.91. The van der Waals surface area contributed by atoms with Gasteiger partial charge in [-0.1, -0.05) is 24.3 Å². The number of carboxylic acid groups (broad SMARTS) is 2. The average Bonchev–Trinajstić information content (AvgIpc) is 2.42. The number of carboxylic acids is 2. The summed E-state index contributed by atoms with van der Waals surface area (Å²) in [7, 11) is 0. The monoisotopic (exact) mass is 286 g/mol. The molecule has 0 aliphatic carbocycles. The Balaban J connectivity index is 2.59. The molecular formula is C16H14O5. The van der Waals surface area contributed by atoms with Crippen molar-refractivity contribution < 1.29 is 24.5 Å². The second-order valence-electron chi connectivity index (χ2n) is 4.62. The maximum Gasteiger partial charge on any atom is 0.339 e. The van der Waals surface area contributed by atoms with Crippen molar-refractivity contribution in [1.29, 1.82) is 0 Å². The smallest absolute Gasteiger partial charge is 0.339 e. The molecule has 0 aromatic heterocycles. The zero-order valence-corrected chi connectivity index (χ0v) is 11.6. The third-order valence-electron chi connectivity index (χ3n) is 3.09. The molecule has 2 N–H and O–H groups in total. The first-order valence-electron chi connectivity index (χ1n) is 6.25. The summed E-state index contributed by atoms with van der Waals surface area (Å²) in [6.45, 7) is 3.42. The number of carbonyl (C=O) groups is 2. The molecule has 0 spiro atoms. The molecule has 0 aliphatic rings. The molecule has 108 valence electrons. The molecule has 5 heteroatoms. The van der Waals surface area contributed by atoms with Gasteiger partial charge in [-0.3, -0.25) is 0 Å². The zero-order chi connectivity index (χ0) is 15.6. The van der Waals surface area contributed by atoms with Gasteiger partial charge < -0.3 is 14.9 Å². The van der Waals surface area contributed by atoms with Gasteiger partial charge in [0.2, 0.25) is 0 Å². The van der Waals surface area contributed by atoms with Gasteiger partial charge in [0, 0.05) is 0 Å². The van der Waals surface area contributed by atoms with Crippen molar-refractivity contribution in [3.8, 4) is 11.5 Å². The van der Waals surface area contributed by atoms with Crippen LogP contribution in [-0.2, 0) is 0 Å². The minimum absolute atomic E-state index is 0.00501. The molecule has 0 atom stereocenters. The lowest BCUT2D eigenvalue weighted by molar-refractivity contribution is 0.0687. The molecule has 0 saturated carbocycles. The highest BCUT2D eigenvalue weighted by atomic mass is 16.5. The topological polar surface area (TPSA) is 83.8 Å². The minimum Gasteiger partial charge on any atom is -0.478 e. The molecular weight excluding hydrogens is 272 g/mol. The normalized spacial score (nSPS) is 10.2. The van der Waals surface area contributed by atoms with E-state index >= 15 is 0 Å². The lowest BCUT2D eigenvalue weighted by Crippen LogP contribution is -2.05. The quantitative estimate of drug-likeness (QED) is 0.898. The van der Waals surface area contributed by atoms with Crippen molar-refractivity contribution in [2.75, 3.05) is 0 Å². The van der Waals surface area contributed by atoms with Crippen LogP contribution in [0.5, 0.6) is 11.5 Å².